The summed E-state index contributed by atoms with van der Waals surface area (Å²) in [5, 5.41) is 2.82. The van der Waals surface area contributed by atoms with Gasteiger partial charge in [0.25, 0.3) is 5.91 Å². The molecule has 0 aromatic heterocycles. The lowest BCUT2D eigenvalue weighted by molar-refractivity contribution is -0.142. The number of amides is 1. The van der Waals surface area contributed by atoms with Gasteiger partial charge in [-0.2, -0.15) is 0 Å². The summed E-state index contributed by atoms with van der Waals surface area (Å²) in [6.07, 6.45) is 0.222. The van der Waals surface area contributed by atoms with E-state index in [1.165, 1.54) is 0 Å². The van der Waals surface area contributed by atoms with Gasteiger partial charge in [0.15, 0.2) is 0 Å². The van der Waals surface area contributed by atoms with E-state index in [1.807, 2.05) is 6.07 Å². The van der Waals surface area contributed by atoms with Crippen LogP contribution in [0.3, 0.4) is 0 Å². The largest absolute Gasteiger partial charge is 0.466 e. The topological polar surface area (TPSA) is 55.4 Å². The van der Waals surface area contributed by atoms with E-state index in [1.54, 1.807) is 49.4 Å². The molecule has 5 heteroatoms. The molecule has 0 fully saturated rings. The molecule has 0 aliphatic rings. The van der Waals surface area contributed by atoms with Crippen molar-refractivity contribution in [3.05, 3.63) is 65.2 Å². The van der Waals surface area contributed by atoms with E-state index in [0.717, 1.165) is 11.1 Å². The van der Waals surface area contributed by atoms with Crippen molar-refractivity contribution in [3.63, 3.8) is 0 Å². The molecule has 120 valence electrons. The number of halogens is 1. The zero-order valence-electron chi connectivity index (χ0n) is 12.8. The summed E-state index contributed by atoms with van der Waals surface area (Å²) < 4.78 is 4.90. The fourth-order valence-corrected chi connectivity index (χ4v) is 2.25. The Morgan fingerprint density at radius 3 is 2.48 bits per heavy atom. The molecule has 1 N–H and O–H groups in total. The predicted molar refractivity (Wildman–Crippen MR) is 90.7 cm³/mol. The van der Waals surface area contributed by atoms with E-state index in [4.69, 9.17) is 16.3 Å². The molecule has 0 bridgehead atoms. The lowest BCUT2D eigenvalue weighted by Crippen LogP contribution is -2.12. The molecule has 2 aromatic rings. The summed E-state index contributed by atoms with van der Waals surface area (Å²) in [5.41, 5.74) is 2.95. The van der Waals surface area contributed by atoms with Gasteiger partial charge in [0.05, 0.1) is 13.0 Å². The minimum absolute atomic E-state index is 0.199. The Balaban J connectivity index is 2.00. The number of nitrogens with one attached hydrogen (secondary N) is 1. The van der Waals surface area contributed by atoms with Crippen molar-refractivity contribution in [3.8, 4) is 0 Å². The Morgan fingerprint density at radius 1 is 1.09 bits per heavy atom. The van der Waals surface area contributed by atoms with Gasteiger partial charge in [-0.05, 0) is 42.3 Å². The number of benzene rings is 2. The first-order valence-corrected chi connectivity index (χ1v) is 7.86. The lowest BCUT2D eigenvalue weighted by atomic mass is 10.1. The standard InChI is InChI=1S/C18H18ClNO3/c1-2-23-17(21)11-13-6-8-16(9-7-13)20-18(22)15-5-3-4-14(10-15)12-19/h3-10H,2,11-12H2,1H3,(H,20,22). The molecule has 23 heavy (non-hydrogen) atoms. The van der Waals surface area contributed by atoms with E-state index in [-0.39, 0.29) is 18.3 Å². The Labute approximate surface area is 140 Å². The summed E-state index contributed by atoms with van der Waals surface area (Å²) in [5.74, 6) is -0.0961. The number of ether oxygens (including phenoxy) is 1. The average Bonchev–Trinajstić information content (AvgIpc) is 2.57. The van der Waals surface area contributed by atoms with Crippen LogP contribution in [0.15, 0.2) is 48.5 Å². The summed E-state index contributed by atoms with van der Waals surface area (Å²) in [7, 11) is 0. The minimum atomic E-state index is -0.262. The third-order valence-corrected chi connectivity index (χ3v) is 3.52. The zero-order chi connectivity index (χ0) is 16.7. The van der Waals surface area contributed by atoms with Crippen molar-refractivity contribution in [2.24, 2.45) is 0 Å². The van der Waals surface area contributed by atoms with Crippen LogP contribution in [-0.4, -0.2) is 18.5 Å². The fraction of sp³-hybridized carbons (Fsp3) is 0.222. The number of anilines is 1. The van der Waals surface area contributed by atoms with Crippen molar-refractivity contribution in [2.75, 3.05) is 11.9 Å². The fourth-order valence-electron chi connectivity index (χ4n) is 2.08. The summed E-state index contributed by atoms with van der Waals surface area (Å²) in [4.78, 5) is 23.6. The SMILES string of the molecule is CCOC(=O)Cc1ccc(NC(=O)c2cccc(CCl)c2)cc1. The quantitative estimate of drug-likeness (QED) is 0.647. The van der Waals surface area contributed by atoms with Crippen LogP contribution >= 0.6 is 11.6 Å². The lowest BCUT2D eigenvalue weighted by Gasteiger charge is -2.07. The summed E-state index contributed by atoms with van der Waals surface area (Å²) in [6, 6.07) is 14.3. The van der Waals surface area contributed by atoms with Gasteiger partial charge >= 0.3 is 5.97 Å². The molecule has 2 rings (SSSR count). The summed E-state index contributed by atoms with van der Waals surface area (Å²) >= 11 is 5.78. The maximum atomic E-state index is 12.2. The first-order chi connectivity index (χ1) is 11.1. The highest BCUT2D eigenvalue weighted by molar-refractivity contribution is 6.17. The molecule has 4 nitrogen and oxygen atoms in total. The van der Waals surface area contributed by atoms with Gasteiger partial charge in [0, 0.05) is 17.1 Å². The Morgan fingerprint density at radius 2 is 1.83 bits per heavy atom. The maximum absolute atomic E-state index is 12.2. The number of rotatable bonds is 6. The van der Waals surface area contributed by atoms with Crippen LogP contribution < -0.4 is 5.32 Å². The van der Waals surface area contributed by atoms with Gasteiger partial charge in [-0.1, -0.05) is 24.3 Å². The van der Waals surface area contributed by atoms with E-state index < -0.39 is 0 Å². The second-order valence-electron chi connectivity index (χ2n) is 4.97. The Bertz CT molecular complexity index is 683. The number of carbonyl (C=O) groups is 2. The van der Waals surface area contributed by atoms with Gasteiger partial charge in [0.1, 0.15) is 0 Å². The van der Waals surface area contributed by atoms with Crippen molar-refractivity contribution in [1.29, 1.82) is 0 Å². The van der Waals surface area contributed by atoms with E-state index in [0.29, 0.717) is 23.7 Å². The molecule has 1 amide bonds. The van der Waals surface area contributed by atoms with Crippen LogP contribution in [0.25, 0.3) is 0 Å². The van der Waals surface area contributed by atoms with Crippen LogP contribution in [0.2, 0.25) is 0 Å². The van der Waals surface area contributed by atoms with Crippen LogP contribution in [0.5, 0.6) is 0 Å². The monoisotopic (exact) mass is 331 g/mol. The van der Waals surface area contributed by atoms with E-state index in [2.05, 4.69) is 5.32 Å². The van der Waals surface area contributed by atoms with Crippen LogP contribution in [0.4, 0.5) is 5.69 Å². The average molecular weight is 332 g/mol. The zero-order valence-corrected chi connectivity index (χ0v) is 13.6. The molecule has 0 heterocycles. The normalized spacial score (nSPS) is 10.2. The van der Waals surface area contributed by atoms with Crippen molar-refractivity contribution in [2.45, 2.75) is 19.2 Å². The number of alkyl halides is 1. The first-order valence-electron chi connectivity index (χ1n) is 7.33. The van der Waals surface area contributed by atoms with Crippen LogP contribution in [0, 0.1) is 0 Å². The van der Waals surface area contributed by atoms with Gasteiger partial charge in [-0.3, -0.25) is 9.59 Å². The second kappa shape index (κ2) is 8.34. The molecule has 0 atom stereocenters. The Kier molecular flexibility index (Phi) is 6.18. The smallest absolute Gasteiger partial charge is 0.310 e. The van der Waals surface area contributed by atoms with Crippen molar-refractivity contribution in [1.82, 2.24) is 0 Å². The number of esters is 1. The van der Waals surface area contributed by atoms with Crippen molar-refractivity contribution >= 4 is 29.2 Å². The minimum Gasteiger partial charge on any atom is -0.466 e. The molecule has 0 radical (unpaired) electrons. The molecule has 0 unspecified atom stereocenters. The maximum Gasteiger partial charge on any atom is 0.310 e. The highest BCUT2D eigenvalue weighted by Gasteiger charge is 2.08. The van der Waals surface area contributed by atoms with Gasteiger partial charge < -0.3 is 10.1 Å². The molecule has 0 saturated heterocycles. The first kappa shape index (κ1) is 17.0. The molecule has 0 saturated carbocycles. The second-order valence-corrected chi connectivity index (χ2v) is 5.23. The van der Waals surface area contributed by atoms with Gasteiger partial charge in [-0.15, -0.1) is 11.6 Å². The van der Waals surface area contributed by atoms with Crippen molar-refractivity contribution < 1.29 is 14.3 Å². The third-order valence-electron chi connectivity index (χ3n) is 3.21. The van der Waals surface area contributed by atoms with Crippen LogP contribution in [0.1, 0.15) is 28.4 Å². The highest BCUT2D eigenvalue weighted by atomic mass is 35.5. The van der Waals surface area contributed by atoms with Gasteiger partial charge in [-0.25, -0.2) is 0 Å². The predicted octanol–water partition coefficient (Wildman–Crippen LogP) is 3.78. The molecule has 0 aliphatic carbocycles. The molecular formula is C18H18ClNO3. The molecule has 2 aromatic carbocycles. The van der Waals surface area contributed by atoms with Gasteiger partial charge in [0.2, 0.25) is 0 Å². The highest BCUT2D eigenvalue weighted by Crippen LogP contribution is 2.14. The molecule has 0 aliphatic heterocycles. The molecule has 0 spiro atoms. The number of carbonyl (C=O) groups excluding carboxylic acids is 2. The number of hydrogen-bond donors (Lipinski definition) is 1. The Hall–Kier alpha value is -2.33. The van der Waals surface area contributed by atoms with E-state index in [9.17, 15) is 9.59 Å². The van der Waals surface area contributed by atoms with E-state index >= 15 is 0 Å². The molecular weight excluding hydrogens is 314 g/mol. The van der Waals surface area contributed by atoms with Crippen LogP contribution in [-0.2, 0) is 21.8 Å². The third kappa shape index (κ3) is 5.11. The number of hydrogen-bond acceptors (Lipinski definition) is 3. The summed E-state index contributed by atoms with van der Waals surface area (Å²) in [6.45, 7) is 2.14.